The predicted octanol–water partition coefficient (Wildman–Crippen LogP) is 4.30. The number of hydrogen-bond acceptors (Lipinski definition) is 5. The molecule has 0 saturated heterocycles. The van der Waals surface area contributed by atoms with Crippen LogP contribution in [0.25, 0.3) is 0 Å². The van der Waals surface area contributed by atoms with Gasteiger partial charge in [0.05, 0.1) is 4.88 Å². The molecule has 0 aliphatic carbocycles. The summed E-state index contributed by atoms with van der Waals surface area (Å²) >= 11 is 7.18. The molecule has 2 aromatic carbocycles. The Balaban J connectivity index is 1.73. The third-order valence-electron chi connectivity index (χ3n) is 3.86. The highest BCUT2D eigenvalue weighted by Crippen LogP contribution is 2.24. The van der Waals surface area contributed by atoms with E-state index in [0.717, 1.165) is 0 Å². The smallest absolute Gasteiger partial charge is 0.326 e. The monoisotopic (exact) mass is 413 g/mol. The van der Waals surface area contributed by atoms with Gasteiger partial charge in [0.25, 0.3) is 5.91 Å². The molecule has 3 rings (SSSR count). The second-order valence-electron chi connectivity index (χ2n) is 5.81. The molecule has 1 amide bonds. The van der Waals surface area contributed by atoms with Crippen molar-refractivity contribution in [3.63, 3.8) is 0 Å². The molecule has 1 aromatic heterocycles. The maximum absolute atomic E-state index is 12.9. The molecule has 0 bridgehead atoms. The van der Waals surface area contributed by atoms with Gasteiger partial charge in [0.2, 0.25) is 5.78 Å². The van der Waals surface area contributed by atoms with Crippen molar-refractivity contribution in [3.8, 4) is 0 Å². The molecular weight excluding hydrogens is 398 g/mol. The Hall–Kier alpha value is -2.96. The van der Waals surface area contributed by atoms with E-state index in [1.807, 2.05) is 0 Å². The van der Waals surface area contributed by atoms with E-state index in [9.17, 15) is 14.4 Å². The van der Waals surface area contributed by atoms with Crippen LogP contribution in [0.4, 0.5) is 0 Å². The summed E-state index contributed by atoms with van der Waals surface area (Å²) < 4.78 is 5.42. The first-order chi connectivity index (χ1) is 13.5. The minimum atomic E-state index is -1.13. The molecule has 1 N–H and O–H groups in total. The van der Waals surface area contributed by atoms with Crippen LogP contribution in [0.2, 0.25) is 5.02 Å². The molecule has 0 saturated carbocycles. The molecule has 0 aliphatic heterocycles. The molecule has 28 heavy (non-hydrogen) atoms. The Morgan fingerprint density at radius 2 is 1.68 bits per heavy atom. The molecule has 1 unspecified atom stereocenters. The normalized spacial score (nSPS) is 11.5. The molecule has 0 spiro atoms. The van der Waals surface area contributed by atoms with Gasteiger partial charge in [-0.15, -0.1) is 11.3 Å². The van der Waals surface area contributed by atoms with Crippen LogP contribution in [-0.4, -0.2) is 24.2 Å². The minimum Gasteiger partial charge on any atom is -0.448 e. The van der Waals surface area contributed by atoms with E-state index in [1.54, 1.807) is 72.1 Å². The van der Waals surface area contributed by atoms with E-state index in [0.29, 0.717) is 21.0 Å². The molecule has 0 fully saturated rings. The highest BCUT2D eigenvalue weighted by molar-refractivity contribution is 7.12. The fraction of sp³-hybridized carbons (Fsp3) is 0.0952. The van der Waals surface area contributed by atoms with Crippen LogP contribution in [0.3, 0.4) is 0 Å². The number of rotatable bonds is 7. The van der Waals surface area contributed by atoms with Gasteiger partial charge < -0.3 is 10.1 Å². The molecular formula is C21H16ClNO4S. The summed E-state index contributed by atoms with van der Waals surface area (Å²) in [6.07, 6.45) is -1.13. The zero-order chi connectivity index (χ0) is 19.9. The summed E-state index contributed by atoms with van der Waals surface area (Å²) in [6, 6.07) is 18.5. The van der Waals surface area contributed by atoms with Gasteiger partial charge in [-0.05, 0) is 23.6 Å². The number of ether oxygens (including phenoxy) is 1. The molecule has 0 radical (unpaired) electrons. The maximum atomic E-state index is 12.9. The van der Waals surface area contributed by atoms with E-state index >= 15 is 0 Å². The van der Waals surface area contributed by atoms with Crippen molar-refractivity contribution in [1.82, 2.24) is 5.32 Å². The quantitative estimate of drug-likeness (QED) is 0.463. The van der Waals surface area contributed by atoms with E-state index in [2.05, 4.69) is 5.32 Å². The lowest BCUT2D eigenvalue weighted by atomic mass is 10.00. The Morgan fingerprint density at radius 3 is 2.32 bits per heavy atom. The van der Waals surface area contributed by atoms with Crippen molar-refractivity contribution in [2.75, 3.05) is 6.54 Å². The van der Waals surface area contributed by atoms with Crippen LogP contribution >= 0.6 is 22.9 Å². The molecule has 0 aliphatic rings. The first-order valence-electron chi connectivity index (χ1n) is 8.40. The number of hydrogen-bond donors (Lipinski definition) is 1. The molecule has 1 heterocycles. The van der Waals surface area contributed by atoms with Gasteiger partial charge >= 0.3 is 5.97 Å². The van der Waals surface area contributed by atoms with Crippen molar-refractivity contribution in [3.05, 3.63) is 93.1 Å². The van der Waals surface area contributed by atoms with Crippen LogP contribution < -0.4 is 5.32 Å². The lowest BCUT2D eigenvalue weighted by Gasteiger charge is -2.18. The van der Waals surface area contributed by atoms with Gasteiger partial charge in [0.15, 0.2) is 6.10 Å². The number of carbonyl (C=O) groups is 3. The Bertz CT molecular complexity index is 956. The number of amides is 1. The van der Waals surface area contributed by atoms with Crippen molar-refractivity contribution >= 4 is 40.6 Å². The predicted molar refractivity (Wildman–Crippen MR) is 108 cm³/mol. The van der Waals surface area contributed by atoms with Crippen LogP contribution in [-0.2, 0) is 9.53 Å². The third kappa shape index (κ3) is 5.06. The van der Waals surface area contributed by atoms with Gasteiger partial charge in [-0.2, -0.15) is 0 Å². The summed E-state index contributed by atoms with van der Waals surface area (Å²) in [6.45, 7) is -0.344. The number of Topliss-reactive ketones (excluding diaryl/α,β-unsaturated/α-hetero) is 1. The van der Waals surface area contributed by atoms with E-state index in [4.69, 9.17) is 16.3 Å². The first kappa shape index (κ1) is 19.8. The van der Waals surface area contributed by atoms with E-state index in [1.165, 1.54) is 11.3 Å². The lowest BCUT2D eigenvalue weighted by molar-refractivity contribution is -0.146. The molecule has 5 nitrogen and oxygen atoms in total. The molecule has 142 valence electrons. The highest BCUT2D eigenvalue weighted by atomic mass is 35.5. The van der Waals surface area contributed by atoms with Crippen LogP contribution in [0, 0.1) is 0 Å². The number of benzene rings is 2. The topological polar surface area (TPSA) is 72.5 Å². The number of nitrogens with one attached hydrogen (secondary N) is 1. The SMILES string of the molecule is O=C(CNC(=O)c1cccs1)OC(C(=O)c1ccccc1)c1ccc(Cl)cc1. The maximum Gasteiger partial charge on any atom is 0.326 e. The fourth-order valence-corrected chi connectivity index (χ4v) is 3.25. The highest BCUT2D eigenvalue weighted by Gasteiger charge is 2.26. The Labute approximate surface area is 170 Å². The summed E-state index contributed by atoms with van der Waals surface area (Å²) in [5.74, 6) is -1.45. The summed E-state index contributed by atoms with van der Waals surface area (Å²) in [5, 5.41) is 4.76. The van der Waals surface area contributed by atoms with Gasteiger partial charge in [-0.3, -0.25) is 14.4 Å². The van der Waals surface area contributed by atoms with Gasteiger partial charge in [-0.1, -0.05) is 60.1 Å². The van der Waals surface area contributed by atoms with Crippen molar-refractivity contribution in [2.45, 2.75) is 6.10 Å². The average Bonchev–Trinajstić information content (AvgIpc) is 3.26. The molecule has 7 heteroatoms. The number of halogens is 1. The zero-order valence-corrected chi connectivity index (χ0v) is 16.2. The van der Waals surface area contributed by atoms with Gasteiger partial charge in [0.1, 0.15) is 6.54 Å². The fourth-order valence-electron chi connectivity index (χ4n) is 2.48. The summed E-state index contributed by atoms with van der Waals surface area (Å²) in [4.78, 5) is 37.6. The van der Waals surface area contributed by atoms with Crippen molar-refractivity contribution < 1.29 is 19.1 Å². The Morgan fingerprint density at radius 1 is 0.964 bits per heavy atom. The molecule has 1 atom stereocenters. The number of carbonyl (C=O) groups excluding carboxylic acids is 3. The van der Waals surface area contributed by atoms with E-state index in [-0.39, 0.29) is 18.2 Å². The summed E-state index contributed by atoms with van der Waals surface area (Å²) in [7, 11) is 0. The summed E-state index contributed by atoms with van der Waals surface area (Å²) in [5.41, 5.74) is 0.911. The second-order valence-corrected chi connectivity index (χ2v) is 7.20. The molecule has 3 aromatic rings. The minimum absolute atomic E-state index is 0.344. The first-order valence-corrected chi connectivity index (χ1v) is 9.66. The number of esters is 1. The van der Waals surface area contributed by atoms with Gasteiger partial charge in [0, 0.05) is 16.1 Å². The van der Waals surface area contributed by atoms with Gasteiger partial charge in [-0.25, -0.2) is 0 Å². The average molecular weight is 414 g/mol. The number of thiophene rings is 1. The third-order valence-corrected chi connectivity index (χ3v) is 4.98. The van der Waals surface area contributed by atoms with Crippen LogP contribution in [0.5, 0.6) is 0 Å². The van der Waals surface area contributed by atoms with Crippen molar-refractivity contribution in [1.29, 1.82) is 0 Å². The van der Waals surface area contributed by atoms with Crippen molar-refractivity contribution in [2.24, 2.45) is 0 Å². The van der Waals surface area contributed by atoms with Crippen LogP contribution in [0.15, 0.2) is 72.1 Å². The van der Waals surface area contributed by atoms with E-state index < -0.39 is 12.1 Å². The largest absolute Gasteiger partial charge is 0.448 e. The standard InChI is InChI=1S/C21H16ClNO4S/c22-16-10-8-15(9-11-16)20(19(25)14-5-2-1-3-6-14)27-18(24)13-23-21(26)17-7-4-12-28-17/h1-12,20H,13H2,(H,23,26). The lowest BCUT2D eigenvalue weighted by Crippen LogP contribution is -2.32. The Kier molecular flexibility index (Phi) is 6.57. The second kappa shape index (κ2) is 9.30. The van der Waals surface area contributed by atoms with Crippen LogP contribution in [0.1, 0.15) is 31.7 Å². The number of ketones is 1. The zero-order valence-electron chi connectivity index (χ0n) is 14.6.